The number of fused-ring (bicyclic) bond motifs is 1. The van der Waals surface area contributed by atoms with Crippen molar-refractivity contribution in [2.45, 2.75) is 57.5 Å². The van der Waals surface area contributed by atoms with Crippen LogP contribution in [0.3, 0.4) is 0 Å². The second-order valence-electron chi connectivity index (χ2n) is 8.41. The van der Waals surface area contributed by atoms with Crippen molar-refractivity contribution >= 4 is 33.7 Å². The highest BCUT2D eigenvalue weighted by Gasteiger charge is 2.53. The first-order valence-electron chi connectivity index (χ1n) is 9.88. The van der Waals surface area contributed by atoms with Crippen molar-refractivity contribution in [3.63, 3.8) is 0 Å². The van der Waals surface area contributed by atoms with E-state index in [9.17, 15) is 9.59 Å². The standard InChI is InChI=1S/C21H23BrN4O2/c1-12-9-18(24-26(12)13(2)14-3-4-14)25-19(27)21(23-20(25)28)8-7-15-10-17(22)6-5-16(15)11-21/h5-6,9-10,13-14H,3-4,7-8,11H2,1-2H3,(H,23,28). The Bertz CT molecular complexity index is 996. The number of carbonyl (C=O) groups is 2. The molecule has 1 saturated carbocycles. The van der Waals surface area contributed by atoms with Gasteiger partial charge in [-0.1, -0.05) is 22.0 Å². The topological polar surface area (TPSA) is 67.2 Å². The molecular weight excluding hydrogens is 420 g/mol. The maximum Gasteiger partial charge on any atom is 0.330 e. The van der Waals surface area contributed by atoms with Gasteiger partial charge < -0.3 is 5.32 Å². The number of carbonyl (C=O) groups excluding carboxylic acids is 2. The van der Waals surface area contributed by atoms with Crippen molar-refractivity contribution in [3.05, 3.63) is 45.6 Å². The summed E-state index contributed by atoms with van der Waals surface area (Å²) in [5.41, 5.74) is 2.47. The fourth-order valence-electron chi connectivity index (χ4n) is 4.65. The molecule has 0 bridgehead atoms. The van der Waals surface area contributed by atoms with E-state index < -0.39 is 5.54 Å². The van der Waals surface area contributed by atoms with E-state index in [1.165, 1.54) is 23.3 Å². The number of aryl methyl sites for hydroxylation is 2. The number of amides is 3. The third-order valence-electron chi connectivity index (χ3n) is 6.47. The number of hydrogen-bond acceptors (Lipinski definition) is 3. The summed E-state index contributed by atoms with van der Waals surface area (Å²) in [6, 6.07) is 7.91. The smallest absolute Gasteiger partial charge is 0.322 e. The van der Waals surface area contributed by atoms with Crippen LogP contribution in [0.15, 0.2) is 28.7 Å². The fraction of sp³-hybridized carbons (Fsp3) is 0.476. The number of aromatic nitrogens is 2. The molecule has 146 valence electrons. The van der Waals surface area contributed by atoms with Crippen LogP contribution in [-0.2, 0) is 17.6 Å². The van der Waals surface area contributed by atoms with Crippen LogP contribution < -0.4 is 10.2 Å². The summed E-state index contributed by atoms with van der Waals surface area (Å²) >= 11 is 3.51. The number of halogens is 1. The van der Waals surface area contributed by atoms with Gasteiger partial charge in [0.15, 0.2) is 5.82 Å². The van der Waals surface area contributed by atoms with Gasteiger partial charge >= 0.3 is 6.03 Å². The normalized spacial score (nSPS) is 25.2. The van der Waals surface area contributed by atoms with E-state index in [0.29, 0.717) is 30.6 Å². The van der Waals surface area contributed by atoms with E-state index in [1.807, 2.05) is 29.8 Å². The lowest BCUT2D eigenvalue weighted by atomic mass is 9.78. The van der Waals surface area contributed by atoms with Crippen molar-refractivity contribution in [2.75, 3.05) is 4.90 Å². The molecule has 0 radical (unpaired) electrons. The molecule has 2 aliphatic carbocycles. The molecule has 6 nitrogen and oxygen atoms in total. The minimum atomic E-state index is -0.863. The lowest BCUT2D eigenvalue weighted by Gasteiger charge is -2.32. The molecule has 2 heterocycles. The Morgan fingerprint density at radius 2 is 2.04 bits per heavy atom. The van der Waals surface area contributed by atoms with E-state index >= 15 is 0 Å². The number of anilines is 1. The molecule has 1 aromatic heterocycles. The van der Waals surface area contributed by atoms with Crippen molar-refractivity contribution < 1.29 is 9.59 Å². The van der Waals surface area contributed by atoms with Crippen LogP contribution in [0.4, 0.5) is 10.6 Å². The zero-order chi connectivity index (χ0) is 19.6. The van der Waals surface area contributed by atoms with Gasteiger partial charge in [-0.2, -0.15) is 5.10 Å². The first-order valence-corrected chi connectivity index (χ1v) is 10.7. The summed E-state index contributed by atoms with van der Waals surface area (Å²) in [6.45, 7) is 4.14. The summed E-state index contributed by atoms with van der Waals surface area (Å²) in [7, 11) is 0. The molecule has 3 amide bonds. The van der Waals surface area contributed by atoms with Crippen LogP contribution in [0.25, 0.3) is 0 Å². The SMILES string of the molecule is Cc1cc(N2C(=O)NC3(CCc4cc(Br)ccc4C3)C2=O)nn1C(C)C1CC1. The van der Waals surface area contributed by atoms with Crippen LogP contribution >= 0.6 is 15.9 Å². The molecule has 2 aromatic rings. The third-order valence-corrected chi connectivity index (χ3v) is 6.97. The maximum absolute atomic E-state index is 13.4. The largest absolute Gasteiger partial charge is 0.330 e. The second kappa shape index (κ2) is 6.17. The quantitative estimate of drug-likeness (QED) is 0.732. The van der Waals surface area contributed by atoms with Gasteiger partial charge in [0.25, 0.3) is 5.91 Å². The molecule has 3 aliphatic rings. The molecule has 1 spiro atoms. The van der Waals surface area contributed by atoms with Gasteiger partial charge in [0.05, 0.1) is 6.04 Å². The highest BCUT2D eigenvalue weighted by molar-refractivity contribution is 9.10. The lowest BCUT2D eigenvalue weighted by molar-refractivity contribution is -0.122. The van der Waals surface area contributed by atoms with E-state index in [2.05, 4.69) is 39.3 Å². The molecule has 1 N–H and O–H groups in total. The highest BCUT2D eigenvalue weighted by Crippen LogP contribution is 2.41. The molecule has 2 fully saturated rings. The summed E-state index contributed by atoms with van der Waals surface area (Å²) in [6.07, 6.45) is 4.33. The zero-order valence-electron chi connectivity index (χ0n) is 16.0. The van der Waals surface area contributed by atoms with Crippen LogP contribution in [0.2, 0.25) is 0 Å². The Balaban J connectivity index is 1.45. The van der Waals surface area contributed by atoms with E-state index in [1.54, 1.807) is 0 Å². The molecule has 1 saturated heterocycles. The van der Waals surface area contributed by atoms with Crippen LogP contribution in [0.5, 0.6) is 0 Å². The fourth-order valence-corrected chi connectivity index (χ4v) is 5.06. The van der Waals surface area contributed by atoms with Gasteiger partial charge in [-0.3, -0.25) is 9.48 Å². The van der Waals surface area contributed by atoms with E-state index in [0.717, 1.165) is 22.2 Å². The third kappa shape index (κ3) is 2.70. The number of rotatable bonds is 3. The average molecular weight is 443 g/mol. The molecule has 2 unspecified atom stereocenters. The molecule has 1 aliphatic heterocycles. The van der Waals surface area contributed by atoms with Crippen LogP contribution in [0.1, 0.15) is 49.0 Å². The minimum absolute atomic E-state index is 0.185. The Morgan fingerprint density at radius 1 is 1.25 bits per heavy atom. The van der Waals surface area contributed by atoms with Gasteiger partial charge in [-0.25, -0.2) is 9.69 Å². The molecule has 5 rings (SSSR count). The van der Waals surface area contributed by atoms with E-state index in [4.69, 9.17) is 0 Å². The average Bonchev–Trinajstić information content (AvgIpc) is 3.40. The summed E-state index contributed by atoms with van der Waals surface area (Å²) in [5, 5.41) is 7.64. The molecule has 28 heavy (non-hydrogen) atoms. The summed E-state index contributed by atoms with van der Waals surface area (Å²) in [4.78, 5) is 27.4. The number of nitrogens with one attached hydrogen (secondary N) is 1. The Hall–Kier alpha value is -2.15. The van der Waals surface area contributed by atoms with E-state index in [-0.39, 0.29) is 11.9 Å². The van der Waals surface area contributed by atoms with Crippen LogP contribution in [0, 0.1) is 12.8 Å². The Morgan fingerprint density at radius 3 is 2.79 bits per heavy atom. The predicted octanol–water partition coefficient (Wildman–Crippen LogP) is 3.91. The van der Waals surface area contributed by atoms with Crippen molar-refractivity contribution in [2.24, 2.45) is 5.92 Å². The monoisotopic (exact) mass is 442 g/mol. The Kier molecular flexibility index (Phi) is 3.95. The summed E-state index contributed by atoms with van der Waals surface area (Å²) in [5.74, 6) is 0.899. The van der Waals surface area contributed by atoms with Crippen LogP contribution in [-0.4, -0.2) is 27.3 Å². The summed E-state index contributed by atoms with van der Waals surface area (Å²) < 4.78 is 3.00. The Labute approximate surface area is 172 Å². The first-order chi connectivity index (χ1) is 13.4. The van der Waals surface area contributed by atoms with Crippen molar-refractivity contribution in [1.82, 2.24) is 15.1 Å². The minimum Gasteiger partial charge on any atom is -0.322 e. The first kappa shape index (κ1) is 17.9. The number of nitrogens with zero attached hydrogens (tertiary/aromatic N) is 3. The number of hydrogen-bond donors (Lipinski definition) is 1. The van der Waals surface area contributed by atoms with Crippen molar-refractivity contribution in [3.8, 4) is 0 Å². The maximum atomic E-state index is 13.4. The molecular formula is C21H23BrN4O2. The van der Waals surface area contributed by atoms with Gasteiger partial charge in [0.2, 0.25) is 0 Å². The van der Waals surface area contributed by atoms with Gasteiger partial charge in [-0.05, 0) is 68.7 Å². The highest BCUT2D eigenvalue weighted by atomic mass is 79.9. The predicted molar refractivity (Wildman–Crippen MR) is 109 cm³/mol. The van der Waals surface area contributed by atoms with Gasteiger partial charge in [-0.15, -0.1) is 0 Å². The number of imide groups is 1. The molecule has 7 heteroatoms. The molecule has 2 atom stereocenters. The lowest BCUT2D eigenvalue weighted by Crippen LogP contribution is -2.51. The van der Waals surface area contributed by atoms with Crippen molar-refractivity contribution in [1.29, 1.82) is 0 Å². The number of benzene rings is 1. The second-order valence-corrected chi connectivity index (χ2v) is 9.32. The zero-order valence-corrected chi connectivity index (χ0v) is 17.6. The van der Waals surface area contributed by atoms with Gasteiger partial charge in [0, 0.05) is 22.7 Å². The number of urea groups is 1. The molecule has 1 aromatic carbocycles. The van der Waals surface area contributed by atoms with Gasteiger partial charge in [0.1, 0.15) is 5.54 Å².